The van der Waals surface area contributed by atoms with E-state index in [1.165, 1.54) is 0 Å². The second-order valence-electron chi connectivity index (χ2n) is 8.67. The van der Waals surface area contributed by atoms with Gasteiger partial charge in [-0.25, -0.2) is 0 Å². The van der Waals surface area contributed by atoms with Crippen LogP contribution in [0.15, 0.2) is 59.7 Å². The van der Waals surface area contributed by atoms with Crippen molar-refractivity contribution in [1.82, 2.24) is 0 Å². The predicted molar refractivity (Wildman–Crippen MR) is 124 cm³/mol. The van der Waals surface area contributed by atoms with Crippen molar-refractivity contribution in [2.75, 3.05) is 14.2 Å². The van der Waals surface area contributed by atoms with Crippen molar-refractivity contribution in [1.29, 1.82) is 0 Å². The van der Waals surface area contributed by atoms with Crippen molar-refractivity contribution >= 4 is 17.9 Å². The van der Waals surface area contributed by atoms with E-state index in [1.54, 1.807) is 14.2 Å². The minimum Gasteiger partial charge on any atom is -0.497 e. The SMILES string of the molecule is CCC(C)(C)C1C/C(=C/c2cccc(OC)c2)C(=O)/C(=C/c2cccc(OC)c2)C1. The van der Waals surface area contributed by atoms with Crippen LogP contribution in [0.3, 0.4) is 0 Å². The van der Waals surface area contributed by atoms with E-state index >= 15 is 0 Å². The zero-order valence-electron chi connectivity index (χ0n) is 18.7. The van der Waals surface area contributed by atoms with E-state index in [0.29, 0.717) is 5.92 Å². The molecule has 1 aliphatic rings. The molecule has 0 spiro atoms. The van der Waals surface area contributed by atoms with Crippen LogP contribution in [0.1, 0.15) is 51.2 Å². The Bertz CT molecular complexity index is 896. The Morgan fingerprint density at radius 1 is 0.900 bits per heavy atom. The summed E-state index contributed by atoms with van der Waals surface area (Å²) < 4.78 is 10.7. The molecule has 1 saturated carbocycles. The summed E-state index contributed by atoms with van der Waals surface area (Å²) in [4.78, 5) is 13.4. The van der Waals surface area contributed by atoms with E-state index in [4.69, 9.17) is 9.47 Å². The summed E-state index contributed by atoms with van der Waals surface area (Å²) in [6, 6.07) is 15.7. The third-order valence-corrected chi connectivity index (χ3v) is 6.40. The Morgan fingerprint density at radius 2 is 1.37 bits per heavy atom. The molecular formula is C27H32O3. The van der Waals surface area contributed by atoms with Crippen molar-refractivity contribution in [3.05, 3.63) is 70.8 Å². The molecule has 3 heteroatoms. The van der Waals surface area contributed by atoms with Gasteiger partial charge in [-0.2, -0.15) is 0 Å². The summed E-state index contributed by atoms with van der Waals surface area (Å²) in [6.07, 6.45) is 6.73. The molecule has 2 aromatic carbocycles. The normalized spacial score (nSPS) is 19.9. The lowest BCUT2D eigenvalue weighted by molar-refractivity contribution is -0.113. The number of allylic oxidation sites excluding steroid dienone is 2. The highest BCUT2D eigenvalue weighted by atomic mass is 16.5. The number of ketones is 1. The highest BCUT2D eigenvalue weighted by Crippen LogP contribution is 2.44. The lowest BCUT2D eigenvalue weighted by Gasteiger charge is -2.37. The van der Waals surface area contributed by atoms with Crippen molar-refractivity contribution < 1.29 is 14.3 Å². The number of hydrogen-bond acceptors (Lipinski definition) is 3. The molecule has 1 fully saturated rings. The van der Waals surface area contributed by atoms with Gasteiger partial charge in [0.05, 0.1) is 14.2 Å². The van der Waals surface area contributed by atoms with Gasteiger partial charge in [0.15, 0.2) is 5.78 Å². The Hall–Kier alpha value is -2.81. The fourth-order valence-electron chi connectivity index (χ4n) is 3.95. The van der Waals surface area contributed by atoms with E-state index in [-0.39, 0.29) is 11.2 Å². The summed E-state index contributed by atoms with van der Waals surface area (Å²) in [7, 11) is 3.32. The molecule has 3 rings (SSSR count). The summed E-state index contributed by atoms with van der Waals surface area (Å²) in [5.41, 5.74) is 3.88. The average molecular weight is 405 g/mol. The number of benzene rings is 2. The molecule has 30 heavy (non-hydrogen) atoms. The Labute approximate surface area is 180 Å². The van der Waals surface area contributed by atoms with Crippen LogP contribution < -0.4 is 9.47 Å². The first-order valence-electron chi connectivity index (χ1n) is 10.6. The second kappa shape index (κ2) is 9.34. The molecule has 0 heterocycles. The first kappa shape index (κ1) is 21.9. The fraction of sp³-hybridized carbons (Fsp3) is 0.370. The molecule has 1 unspecified atom stereocenters. The third-order valence-electron chi connectivity index (χ3n) is 6.40. The second-order valence-corrected chi connectivity index (χ2v) is 8.67. The maximum Gasteiger partial charge on any atom is 0.185 e. The van der Waals surface area contributed by atoms with Crippen LogP contribution in [0, 0.1) is 11.3 Å². The molecule has 0 bridgehead atoms. The largest absolute Gasteiger partial charge is 0.497 e. The minimum atomic E-state index is 0.142. The molecule has 0 N–H and O–H groups in total. The van der Waals surface area contributed by atoms with Crippen LogP contribution in [-0.4, -0.2) is 20.0 Å². The number of Topliss-reactive ketones (excluding diaryl/α,β-unsaturated/α-hetero) is 1. The average Bonchev–Trinajstić information content (AvgIpc) is 2.76. The molecule has 1 atom stereocenters. The number of ether oxygens (including phenoxy) is 2. The van der Waals surface area contributed by atoms with Gasteiger partial charge in [-0.05, 0) is 71.7 Å². The van der Waals surface area contributed by atoms with Gasteiger partial charge in [-0.15, -0.1) is 0 Å². The van der Waals surface area contributed by atoms with Gasteiger partial charge in [0.25, 0.3) is 0 Å². The highest BCUT2D eigenvalue weighted by molar-refractivity contribution is 6.14. The maximum absolute atomic E-state index is 13.4. The number of rotatable bonds is 6. The topological polar surface area (TPSA) is 35.5 Å². The van der Waals surface area contributed by atoms with Crippen molar-refractivity contribution in [3.63, 3.8) is 0 Å². The third kappa shape index (κ3) is 5.02. The number of carbonyl (C=O) groups is 1. The summed E-state index contributed by atoms with van der Waals surface area (Å²) in [6.45, 7) is 6.84. The molecular weight excluding hydrogens is 372 g/mol. The Morgan fingerprint density at radius 3 is 1.77 bits per heavy atom. The molecule has 0 radical (unpaired) electrons. The summed E-state index contributed by atoms with van der Waals surface area (Å²) >= 11 is 0. The van der Waals surface area contributed by atoms with Crippen molar-refractivity contribution in [2.45, 2.75) is 40.0 Å². The smallest absolute Gasteiger partial charge is 0.185 e. The van der Waals surface area contributed by atoms with Gasteiger partial charge in [0, 0.05) is 11.1 Å². The molecule has 0 aromatic heterocycles. The van der Waals surface area contributed by atoms with E-state index in [1.807, 2.05) is 60.7 Å². The van der Waals surface area contributed by atoms with E-state index in [0.717, 1.165) is 53.0 Å². The molecule has 3 nitrogen and oxygen atoms in total. The van der Waals surface area contributed by atoms with E-state index < -0.39 is 0 Å². The van der Waals surface area contributed by atoms with Gasteiger partial charge in [0.2, 0.25) is 0 Å². The highest BCUT2D eigenvalue weighted by Gasteiger charge is 2.36. The standard InChI is InChI=1S/C27H32O3/c1-6-27(2,3)23-17-21(13-19-9-7-11-24(15-19)29-4)26(28)22(18-23)14-20-10-8-12-25(16-20)30-5/h7-16,23H,6,17-18H2,1-5H3/b21-13-,22-14+. The van der Waals surface area contributed by atoms with Gasteiger partial charge < -0.3 is 9.47 Å². The monoisotopic (exact) mass is 404 g/mol. The minimum absolute atomic E-state index is 0.142. The lowest BCUT2D eigenvalue weighted by Crippen LogP contribution is -2.30. The Kier molecular flexibility index (Phi) is 6.81. The Balaban J connectivity index is 2.02. The van der Waals surface area contributed by atoms with Crippen LogP contribution in [0.25, 0.3) is 12.2 Å². The van der Waals surface area contributed by atoms with Crippen LogP contribution in [0.4, 0.5) is 0 Å². The maximum atomic E-state index is 13.4. The molecule has 0 amide bonds. The molecule has 158 valence electrons. The zero-order valence-corrected chi connectivity index (χ0v) is 18.7. The number of methoxy groups -OCH3 is 2. The summed E-state index contributed by atoms with van der Waals surface area (Å²) in [5.74, 6) is 2.15. The van der Waals surface area contributed by atoms with E-state index in [9.17, 15) is 4.79 Å². The first-order valence-corrected chi connectivity index (χ1v) is 10.6. The molecule has 0 saturated heterocycles. The first-order chi connectivity index (χ1) is 14.4. The van der Waals surface area contributed by atoms with Crippen LogP contribution >= 0.6 is 0 Å². The van der Waals surface area contributed by atoms with Crippen molar-refractivity contribution in [2.24, 2.45) is 11.3 Å². The predicted octanol–water partition coefficient (Wildman–Crippen LogP) is 6.59. The van der Waals surface area contributed by atoms with Gasteiger partial charge in [-0.1, -0.05) is 51.5 Å². The van der Waals surface area contributed by atoms with Crippen LogP contribution in [-0.2, 0) is 4.79 Å². The molecule has 2 aromatic rings. The fourth-order valence-corrected chi connectivity index (χ4v) is 3.95. The summed E-state index contributed by atoms with van der Waals surface area (Å²) in [5, 5.41) is 0. The number of hydrogen-bond donors (Lipinski definition) is 0. The van der Waals surface area contributed by atoms with E-state index in [2.05, 4.69) is 20.8 Å². The molecule has 1 aliphatic carbocycles. The van der Waals surface area contributed by atoms with Crippen molar-refractivity contribution in [3.8, 4) is 11.5 Å². The van der Waals surface area contributed by atoms with Gasteiger partial charge in [-0.3, -0.25) is 4.79 Å². The van der Waals surface area contributed by atoms with Gasteiger partial charge >= 0.3 is 0 Å². The van der Waals surface area contributed by atoms with Gasteiger partial charge in [0.1, 0.15) is 11.5 Å². The van der Waals surface area contributed by atoms with Crippen LogP contribution in [0.2, 0.25) is 0 Å². The quantitative estimate of drug-likeness (QED) is 0.510. The lowest BCUT2D eigenvalue weighted by atomic mass is 9.66. The number of carbonyl (C=O) groups excluding carboxylic acids is 1. The zero-order chi connectivity index (χ0) is 21.7. The van der Waals surface area contributed by atoms with Crippen LogP contribution in [0.5, 0.6) is 11.5 Å². The molecule has 0 aliphatic heterocycles.